The minimum absolute atomic E-state index is 0.444. The van der Waals surface area contributed by atoms with Gasteiger partial charge in [-0.05, 0) is 48.9 Å². The number of nitrogens with zero attached hydrogens (tertiary/aromatic N) is 1. The van der Waals surface area contributed by atoms with E-state index in [1.54, 1.807) is 30.3 Å². The number of nitrogens with one attached hydrogen (secondary N) is 2. The Hall–Kier alpha value is -2.76. The van der Waals surface area contributed by atoms with Crippen LogP contribution in [-0.2, 0) is 0 Å². The number of rotatable bonds is 4. The van der Waals surface area contributed by atoms with Crippen molar-refractivity contribution in [1.29, 1.82) is 0 Å². The van der Waals surface area contributed by atoms with Crippen molar-refractivity contribution in [1.82, 2.24) is 5.43 Å². The number of furan rings is 1. The monoisotopic (exact) mass is 387 g/mol. The van der Waals surface area contributed by atoms with Gasteiger partial charge in [-0.15, -0.1) is 0 Å². The molecule has 0 aliphatic rings. The Labute approximate surface area is 160 Å². The molecule has 1 heterocycles. The Morgan fingerprint density at radius 2 is 1.92 bits per heavy atom. The number of hydrogen-bond acceptors (Lipinski definition) is 3. The minimum atomic E-state index is -0.444. The lowest BCUT2D eigenvalue weighted by molar-refractivity contribution is 0.252. The highest BCUT2D eigenvalue weighted by atomic mass is 35.5. The number of para-hydroxylation sites is 1. The molecular formula is C19H15Cl2N3O2. The molecule has 0 saturated carbocycles. The second kappa shape index (κ2) is 8.08. The highest BCUT2D eigenvalue weighted by molar-refractivity contribution is 6.35. The van der Waals surface area contributed by atoms with E-state index in [1.807, 2.05) is 31.2 Å². The van der Waals surface area contributed by atoms with E-state index in [4.69, 9.17) is 27.6 Å². The van der Waals surface area contributed by atoms with Gasteiger partial charge in [0.25, 0.3) is 0 Å². The molecule has 3 rings (SSSR count). The molecule has 0 spiro atoms. The first-order chi connectivity index (χ1) is 12.5. The van der Waals surface area contributed by atoms with Gasteiger partial charge in [0.1, 0.15) is 11.5 Å². The van der Waals surface area contributed by atoms with Crippen LogP contribution in [0, 0.1) is 6.92 Å². The van der Waals surface area contributed by atoms with Crippen molar-refractivity contribution in [2.45, 2.75) is 6.92 Å². The number of urea groups is 1. The largest absolute Gasteiger partial charge is 0.455 e. The van der Waals surface area contributed by atoms with Crippen molar-refractivity contribution in [3.63, 3.8) is 0 Å². The number of carbonyl (C=O) groups is 1. The van der Waals surface area contributed by atoms with Crippen LogP contribution in [0.25, 0.3) is 11.3 Å². The summed E-state index contributed by atoms with van der Waals surface area (Å²) < 4.78 is 5.66. The van der Waals surface area contributed by atoms with Crippen molar-refractivity contribution >= 4 is 41.1 Å². The SMILES string of the molecule is Cc1ccccc1NC(=O)NN=Cc1ccc(-c2cc(Cl)ccc2Cl)o1. The second-order valence-electron chi connectivity index (χ2n) is 5.47. The molecule has 2 N–H and O–H groups in total. The fourth-order valence-corrected chi connectivity index (χ4v) is 2.65. The third-order valence-corrected chi connectivity index (χ3v) is 4.14. The van der Waals surface area contributed by atoms with Gasteiger partial charge in [0.2, 0.25) is 0 Å². The van der Waals surface area contributed by atoms with E-state index in [0.717, 1.165) is 11.3 Å². The molecule has 2 aromatic carbocycles. The molecule has 0 unspecified atom stereocenters. The zero-order chi connectivity index (χ0) is 18.5. The van der Waals surface area contributed by atoms with E-state index in [-0.39, 0.29) is 0 Å². The van der Waals surface area contributed by atoms with Crippen LogP contribution >= 0.6 is 23.2 Å². The van der Waals surface area contributed by atoms with Crippen LogP contribution in [0.5, 0.6) is 0 Å². The first-order valence-corrected chi connectivity index (χ1v) is 8.49. The van der Waals surface area contributed by atoms with Gasteiger partial charge in [0.05, 0.1) is 11.2 Å². The van der Waals surface area contributed by atoms with E-state index >= 15 is 0 Å². The number of hydrazone groups is 1. The van der Waals surface area contributed by atoms with Crippen LogP contribution in [0.2, 0.25) is 10.0 Å². The summed E-state index contributed by atoms with van der Waals surface area (Å²) in [6.07, 6.45) is 1.40. The zero-order valence-electron chi connectivity index (χ0n) is 13.8. The van der Waals surface area contributed by atoms with Crippen LogP contribution in [0.15, 0.2) is 64.1 Å². The molecule has 0 aliphatic heterocycles. The van der Waals surface area contributed by atoms with Crippen LogP contribution in [0.3, 0.4) is 0 Å². The molecule has 1 aromatic heterocycles. The topological polar surface area (TPSA) is 66.6 Å². The number of benzene rings is 2. The molecule has 5 nitrogen and oxygen atoms in total. The molecule has 0 atom stereocenters. The van der Waals surface area contributed by atoms with Crippen LogP contribution in [0.1, 0.15) is 11.3 Å². The van der Waals surface area contributed by atoms with Crippen molar-refractivity contribution in [3.8, 4) is 11.3 Å². The molecular weight excluding hydrogens is 373 g/mol. The maximum absolute atomic E-state index is 11.9. The predicted octanol–water partition coefficient (Wildman–Crippen LogP) is 5.72. The summed E-state index contributed by atoms with van der Waals surface area (Å²) in [5.74, 6) is 1.02. The third-order valence-electron chi connectivity index (χ3n) is 3.57. The molecule has 0 aliphatic carbocycles. The van der Waals surface area contributed by atoms with E-state index in [0.29, 0.717) is 27.1 Å². The van der Waals surface area contributed by atoms with Crippen LogP contribution < -0.4 is 10.7 Å². The van der Waals surface area contributed by atoms with E-state index in [2.05, 4.69) is 15.8 Å². The molecule has 7 heteroatoms. The van der Waals surface area contributed by atoms with Gasteiger partial charge in [-0.25, -0.2) is 10.2 Å². The number of anilines is 1. The van der Waals surface area contributed by atoms with Gasteiger partial charge in [-0.2, -0.15) is 5.10 Å². The highest BCUT2D eigenvalue weighted by Crippen LogP contribution is 2.31. The lowest BCUT2D eigenvalue weighted by Crippen LogP contribution is -2.24. The summed E-state index contributed by atoms with van der Waals surface area (Å²) in [6.45, 7) is 1.91. The molecule has 0 saturated heterocycles. The molecule has 0 bridgehead atoms. The van der Waals surface area contributed by atoms with Gasteiger partial charge in [-0.3, -0.25) is 0 Å². The molecule has 2 amide bonds. The van der Waals surface area contributed by atoms with Crippen LogP contribution in [-0.4, -0.2) is 12.2 Å². The molecule has 0 radical (unpaired) electrons. The smallest absolute Gasteiger partial charge is 0.339 e. The average Bonchev–Trinajstić information content (AvgIpc) is 3.08. The lowest BCUT2D eigenvalue weighted by atomic mass is 10.2. The summed E-state index contributed by atoms with van der Waals surface area (Å²) in [5, 5.41) is 7.68. The average molecular weight is 388 g/mol. The first-order valence-electron chi connectivity index (χ1n) is 7.74. The summed E-state index contributed by atoms with van der Waals surface area (Å²) in [6, 6.07) is 15.6. The Morgan fingerprint density at radius 1 is 1.12 bits per heavy atom. The first kappa shape index (κ1) is 18.0. The fourth-order valence-electron chi connectivity index (χ4n) is 2.27. The molecule has 132 valence electrons. The summed E-state index contributed by atoms with van der Waals surface area (Å²) in [5.41, 5.74) is 4.75. The summed E-state index contributed by atoms with van der Waals surface area (Å²) in [7, 11) is 0. The van der Waals surface area contributed by atoms with E-state index in [1.165, 1.54) is 6.21 Å². The predicted molar refractivity (Wildman–Crippen MR) is 105 cm³/mol. The van der Waals surface area contributed by atoms with Crippen molar-refractivity contribution in [2.24, 2.45) is 5.10 Å². The van der Waals surface area contributed by atoms with Crippen LogP contribution in [0.4, 0.5) is 10.5 Å². The van der Waals surface area contributed by atoms with E-state index in [9.17, 15) is 4.79 Å². The molecule has 0 fully saturated rings. The quantitative estimate of drug-likeness (QED) is 0.444. The number of amides is 2. The van der Waals surface area contributed by atoms with E-state index < -0.39 is 6.03 Å². The third kappa shape index (κ3) is 4.45. The fraction of sp³-hybridized carbons (Fsp3) is 0.0526. The summed E-state index contributed by atoms with van der Waals surface area (Å²) >= 11 is 12.1. The Bertz CT molecular complexity index is 967. The van der Waals surface area contributed by atoms with Crippen molar-refractivity contribution in [3.05, 3.63) is 76.0 Å². The number of hydrogen-bond donors (Lipinski definition) is 2. The maximum Gasteiger partial charge on any atom is 0.339 e. The minimum Gasteiger partial charge on any atom is -0.455 e. The van der Waals surface area contributed by atoms with Gasteiger partial charge in [-0.1, -0.05) is 41.4 Å². The highest BCUT2D eigenvalue weighted by Gasteiger charge is 2.09. The van der Waals surface area contributed by atoms with Gasteiger partial charge < -0.3 is 9.73 Å². The zero-order valence-corrected chi connectivity index (χ0v) is 15.3. The second-order valence-corrected chi connectivity index (χ2v) is 6.31. The van der Waals surface area contributed by atoms with Crippen molar-refractivity contribution in [2.75, 3.05) is 5.32 Å². The Balaban J connectivity index is 1.63. The van der Waals surface area contributed by atoms with Gasteiger partial charge >= 0.3 is 6.03 Å². The van der Waals surface area contributed by atoms with Gasteiger partial charge in [0.15, 0.2) is 0 Å². The number of halogens is 2. The van der Waals surface area contributed by atoms with Crippen molar-refractivity contribution < 1.29 is 9.21 Å². The number of carbonyl (C=O) groups excluding carboxylic acids is 1. The molecule has 3 aromatic rings. The molecule has 26 heavy (non-hydrogen) atoms. The lowest BCUT2D eigenvalue weighted by Gasteiger charge is -2.06. The van der Waals surface area contributed by atoms with Gasteiger partial charge in [0, 0.05) is 16.3 Å². The Kier molecular flexibility index (Phi) is 5.61. The maximum atomic E-state index is 11.9. The standard InChI is InChI=1S/C19H15Cl2N3O2/c1-12-4-2-3-5-17(12)23-19(25)24-22-11-14-7-9-18(26-14)15-10-13(20)6-8-16(15)21/h2-11H,1H3,(H2,23,24,25). The Morgan fingerprint density at radius 3 is 2.73 bits per heavy atom. The summed E-state index contributed by atoms with van der Waals surface area (Å²) in [4.78, 5) is 11.9. The number of aryl methyl sites for hydroxylation is 1. The normalized spacial score (nSPS) is 10.9.